The molecule has 0 unspecified atom stereocenters. The molecule has 0 aromatic rings. The van der Waals surface area contributed by atoms with Crippen molar-refractivity contribution < 1.29 is 10.3 Å². The largest absolute Gasteiger partial charge is 0.328 e. The van der Waals surface area contributed by atoms with E-state index in [1.165, 1.54) is 0 Å². The van der Waals surface area contributed by atoms with Crippen LogP contribution in [0.4, 0.5) is 0 Å². The van der Waals surface area contributed by atoms with E-state index in [-0.39, 0.29) is 0 Å². The fourth-order valence-corrected chi connectivity index (χ4v) is 1.79. The maximum Gasteiger partial charge on any atom is 0.291 e. The van der Waals surface area contributed by atoms with Gasteiger partial charge in [-0.05, 0) is 41.5 Å². The van der Waals surface area contributed by atoms with Crippen molar-refractivity contribution in [1.29, 1.82) is 0 Å². The molecule has 0 rings (SSSR count). The molecule has 0 aliphatic rings. The quantitative estimate of drug-likeness (QED) is 0.567. The summed E-state index contributed by atoms with van der Waals surface area (Å²) in [6.45, 7) is 13.5. The molecule has 0 saturated heterocycles. The molecule has 0 spiro atoms. The van der Waals surface area contributed by atoms with Crippen molar-refractivity contribution >= 4 is 0 Å². The second kappa shape index (κ2) is 7.55. The van der Waals surface area contributed by atoms with Crippen LogP contribution in [0.3, 0.4) is 0 Å². The Bertz CT molecular complexity index is 135. The first kappa shape index (κ1) is 15.6. The molecule has 0 amide bonds. The van der Waals surface area contributed by atoms with E-state index in [0.29, 0.717) is 18.1 Å². The van der Waals surface area contributed by atoms with E-state index < -0.39 is 5.09 Å². The van der Waals surface area contributed by atoms with Gasteiger partial charge in [-0.1, -0.05) is 0 Å². The lowest BCUT2D eigenvalue weighted by atomic mass is 10.2. The Morgan fingerprint density at radius 1 is 1.00 bits per heavy atom. The van der Waals surface area contributed by atoms with Gasteiger partial charge in [-0.25, -0.2) is 0 Å². The minimum absolute atomic E-state index is 0.667. The highest BCUT2D eigenvalue weighted by Gasteiger charge is 2.15. The summed E-state index contributed by atoms with van der Waals surface area (Å²) in [6, 6.07) is 2.00. The average molecular weight is 206 g/mol. The first-order chi connectivity index (χ1) is 6.20. The fourth-order valence-electron chi connectivity index (χ4n) is 1.79. The molecule has 0 saturated carbocycles. The van der Waals surface area contributed by atoms with Gasteiger partial charge in [0, 0.05) is 18.1 Å². The predicted molar refractivity (Wildman–Crippen MR) is 56.0 cm³/mol. The average Bonchev–Trinajstić information content (AvgIpc) is 1.80. The van der Waals surface area contributed by atoms with Gasteiger partial charge in [-0.2, -0.15) is 0 Å². The van der Waals surface area contributed by atoms with Gasteiger partial charge < -0.3 is 5.21 Å². The predicted octanol–water partition coefficient (Wildman–Crippen LogP) is 2.17. The second-order valence-corrected chi connectivity index (χ2v) is 3.97. The highest BCUT2D eigenvalue weighted by molar-refractivity contribution is 4.70. The minimum Gasteiger partial charge on any atom is -0.328 e. The highest BCUT2D eigenvalue weighted by Crippen LogP contribution is 2.08. The Labute approximate surface area is 85.8 Å². The van der Waals surface area contributed by atoms with Gasteiger partial charge >= 0.3 is 0 Å². The zero-order valence-corrected chi connectivity index (χ0v) is 9.89. The maximum atomic E-state index is 8.36. The standard InChI is InChI=1S/C9H21N.HNO3/c1-7(2)10(8(3)4)9(5)6;2-1(3)4/h7-9H,1-6H3;(H,2,3,4). The Morgan fingerprint density at radius 2 is 1.14 bits per heavy atom. The number of nitrogens with zero attached hydrogens (tertiary/aromatic N) is 2. The van der Waals surface area contributed by atoms with E-state index in [4.69, 9.17) is 15.3 Å². The lowest BCUT2D eigenvalue weighted by Gasteiger charge is -2.34. The Kier molecular flexibility index (Phi) is 8.43. The van der Waals surface area contributed by atoms with Gasteiger partial charge in [0.1, 0.15) is 0 Å². The van der Waals surface area contributed by atoms with E-state index in [0.717, 1.165) is 0 Å². The monoisotopic (exact) mass is 206 g/mol. The molecule has 0 heterocycles. The molecule has 0 radical (unpaired) electrons. The third-order valence-corrected chi connectivity index (χ3v) is 1.79. The minimum atomic E-state index is -1.50. The molecule has 1 N–H and O–H groups in total. The number of hydrogen-bond donors (Lipinski definition) is 1. The zero-order valence-electron chi connectivity index (χ0n) is 9.89. The molecule has 0 aromatic carbocycles. The molecular formula is C9H22N2O3. The van der Waals surface area contributed by atoms with Gasteiger partial charge in [0.2, 0.25) is 0 Å². The van der Waals surface area contributed by atoms with Crippen LogP contribution in [0, 0.1) is 10.1 Å². The third-order valence-electron chi connectivity index (χ3n) is 1.79. The topological polar surface area (TPSA) is 66.6 Å². The van der Waals surface area contributed by atoms with Crippen molar-refractivity contribution in [3.8, 4) is 0 Å². The third kappa shape index (κ3) is 9.25. The summed E-state index contributed by atoms with van der Waals surface area (Å²) in [5.74, 6) is 0. The van der Waals surface area contributed by atoms with Gasteiger partial charge in [-0.3, -0.25) is 4.90 Å². The van der Waals surface area contributed by atoms with E-state index in [2.05, 4.69) is 46.4 Å². The van der Waals surface area contributed by atoms with Crippen LogP contribution in [0.25, 0.3) is 0 Å². The summed E-state index contributed by atoms with van der Waals surface area (Å²) < 4.78 is 0. The van der Waals surface area contributed by atoms with Crippen molar-refractivity contribution in [2.45, 2.75) is 59.7 Å². The molecule has 0 fully saturated rings. The van der Waals surface area contributed by atoms with Crippen molar-refractivity contribution in [3.05, 3.63) is 10.1 Å². The molecular weight excluding hydrogens is 184 g/mol. The molecule has 0 aromatic heterocycles. The van der Waals surface area contributed by atoms with Crippen LogP contribution in [0.15, 0.2) is 0 Å². The van der Waals surface area contributed by atoms with Crippen LogP contribution in [0.1, 0.15) is 41.5 Å². The van der Waals surface area contributed by atoms with E-state index in [9.17, 15) is 0 Å². The summed E-state index contributed by atoms with van der Waals surface area (Å²) in [4.78, 5) is 10.9. The number of rotatable bonds is 3. The van der Waals surface area contributed by atoms with Crippen LogP contribution in [0.2, 0.25) is 0 Å². The first-order valence-electron chi connectivity index (χ1n) is 4.80. The summed E-state index contributed by atoms with van der Waals surface area (Å²) in [7, 11) is 0. The molecule has 0 atom stereocenters. The van der Waals surface area contributed by atoms with Crippen LogP contribution in [-0.4, -0.2) is 33.3 Å². The fraction of sp³-hybridized carbons (Fsp3) is 1.00. The van der Waals surface area contributed by atoms with Crippen molar-refractivity contribution in [1.82, 2.24) is 4.90 Å². The van der Waals surface area contributed by atoms with Crippen LogP contribution in [0.5, 0.6) is 0 Å². The Morgan fingerprint density at radius 3 is 1.14 bits per heavy atom. The summed E-state index contributed by atoms with van der Waals surface area (Å²) >= 11 is 0. The second-order valence-electron chi connectivity index (χ2n) is 3.97. The van der Waals surface area contributed by atoms with Crippen LogP contribution < -0.4 is 0 Å². The SMILES string of the molecule is CC(C)N(C(C)C)C(C)C.O=[N+]([O-])O. The molecule has 5 nitrogen and oxygen atoms in total. The normalized spacial score (nSPS) is 10.7. The van der Waals surface area contributed by atoms with Crippen molar-refractivity contribution in [2.75, 3.05) is 0 Å². The molecule has 0 bridgehead atoms. The van der Waals surface area contributed by atoms with E-state index in [1.54, 1.807) is 0 Å². The summed E-state index contributed by atoms with van der Waals surface area (Å²) in [5.41, 5.74) is 0. The molecule has 86 valence electrons. The van der Waals surface area contributed by atoms with Gasteiger partial charge in [0.15, 0.2) is 0 Å². The highest BCUT2D eigenvalue weighted by atomic mass is 16.9. The first-order valence-corrected chi connectivity index (χ1v) is 4.80. The molecule has 0 aliphatic heterocycles. The lowest BCUT2D eigenvalue weighted by Crippen LogP contribution is -2.42. The maximum absolute atomic E-state index is 8.36. The van der Waals surface area contributed by atoms with Crippen LogP contribution >= 0.6 is 0 Å². The van der Waals surface area contributed by atoms with E-state index in [1.807, 2.05) is 0 Å². The van der Waals surface area contributed by atoms with Gasteiger partial charge in [-0.15, -0.1) is 10.1 Å². The molecule has 5 heteroatoms. The van der Waals surface area contributed by atoms with Gasteiger partial charge in [0.05, 0.1) is 0 Å². The smallest absolute Gasteiger partial charge is 0.291 e. The molecule has 0 aliphatic carbocycles. The lowest BCUT2D eigenvalue weighted by molar-refractivity contribution is -0.742. The van der Waals surface area contributed by atoms with Crippen molar-refractivity contribution in [2.24, 2.45) is 0 Å². The summed E-state index contributed by atoms with van der Waals surface area (Å²) in [6.07, 6.45) is 0. The van der Waals surface area contributed by atoms with Crippen molar-refractivity contribution in [3.63, 3.8) is 0 Å². The Balaban J connectivity index is 0. The van der Waals surface area contributed by atoms with Crippen LogP contribution in [-0.2, 0) is 0 Å². The zero-order chi connectivity index (χ0) is 11.9. The van der Waals surface area contributed by atoms with Gasteiger partial charge in [0.25, 0.3) is 5.09 Å². The number of hydrogen-bond acceptors (Lipinski definition) is 3. The summed E-state index contributed by atoms with van der Waals surface area (Å²) in [5, 5.41) is 13.6. The van der Waals surface area contributed by atoms with E-state index >= 15 is 0 Å². The molecule has 14 heavy (non-hydrogen) atoms. The Hall–Kier alpha value is -0.840.